The van der Waals surface area contributed by atoms with Crippen LogP contribution >= 0.6 is 11.8 Å². The highest BCUT2D eigenvalue weighted by Crippen LogP contribution is 2.39. The fraction of sp³-hybridized carbons (Fsp3) is 0.750. The Labute approximate surface area is 117 Å². The normalized spacial score (nSPS) is 27.1. The fourth-order valence-corrected chi connectivity index (χ4v) is 3.79. The third-order valence-corrected chi connectivity index (χ3v) is 4.70. The molecule has 0 spiro atoms. The number of aryl methyl sites for hydroxylation is 1. The molecule has 1 heterocycles. The Morgan fingerprint density at radius 3 is 2.95 bits per heavy atom. The Bertz CT molecular complexity index is 462. The number of nitrogens with zero attached hydrogens (tertiary/aromatic N) is 3. The molecule has 19 heavy (non-hydrogen) atoms. The van der Waals surface area contributed by atoms with E-state index in [0.717, 1.165) is 11.6 Å². The van der Waals surface area contributed by atoms with Crippen LogP contribution in [0.1, 0.15) is 33.1 Å². The summed E-state index contributed by atoms with van der Waals surface area (Å²) in [7, 11) is 1.85. The summed E-state index contributed by atoms with van der Waals surface area (Å²) in [6.07, 6.45) is 3.69. The molecule has 1 aliphatic rings. The van der Waals surface area contributed by atoms with Gasteiger partial charge < -0.3 is 5.11 Å². The maximum absolute atomic E-state index is 11.6. The second-order valence-corrected chi connectivity index (χ2v) is 6.60. The molecule has 0 aromatic carbocycles. The minimum absolute atomic E-state index is 0.162. The zero-order valence-electron chi connectivity index (χ0n) is 11.5. The van der Waals surface area contributed by atoms with E-state index in [-0.39, 0.29) is 11.3 Å². The highest BCUT2D eigenvalue weighted by atomic mass is 32.2. The molecule has 0 amide bonds. The van der Waals surface area contributed by atoms with Crippen molar-refractivity contribution in [1.82, 2.24) is 20.1 Å². The zero-order chi connectivity index (χ0) is 14.0. The van der Waals surface area contributed by atoms with Crippen LogP contribution in [0.3, 0.4) is 0 Å². The molecule has 0 bridgehead atoms. The van der Waals surface area contributed by atoms with Crippen LogP contribution in [0, 0.1) is 0 Å². The van der Waals surface area contributed by atoms with Crippen molar-refractivity contribution in [3.63, 3.8) is 0 Å². The van der Waals surface area contributed by atoms with E-state index >= 15 is 0 Å². The van der Waals surface area contributed by atoms with Crippen molar-refractivity contribution in [1.29, 1.82) is 0 Å². The quantitative estimate of drug-likeness (QED) is 0.848. The lowest BCUT2D eigenvalue weighted by atomic mass is 9.97. The van der Waals surface area contributed by atoms with Crippen molar-refractivity contribution in [2.45, 2.75) is 55.1 Å². The molecular weight excluding hydrogens is 264 g/mol. The van der Waals surface area contributed by atoms with Crippen LogP contribution in [-0.4, -0.2) is 42.7 Å². The lowest BCUT2D eigenvalue weighted by Gasteiger charge is -2.28. The summed E-state index contributed by atoms with van der Waals surface area (Å²) in [5, 5.41) is 17.9. The van der Waals surface area contributed by atoms with Gasteiger partial charge in [0.1, 0.15) is 11.9 Å². The summed E-state index contributed by atoms with van der Waals surface area (Å²) < 4.78 is 1.72. The predicted octanol–water partition coefficient (Wildman–Crippen LogP) is 1.28. The first-order chi connectivity index (χ1) is 8.93. The van der Waals surface area contributed by atoms with Crippen molar-refractivity contribution < 1.29 is 9.90 Å². The third kappa shape index (κ3) is 3.09. The summed E-state index contributed by atoms with van der Waals surface area (Å²) >= 11 is 1.62. The average molecular weight is 284 g/mol. The number of aliphatic carboxylic acids is 1. The first-order valence-electron chi connectivity index (χ1n) is 6.45. The molecule has 7 heteroatoms. The largest absolute Gasteiger partial charge is 0.480 e. The predicted molar refractivity (Wildman–Crippen MR) is 73.1 cm³/mol. The highest BCUT2D eigenvalue weighted by molar-refractivity contribution is 7.99. The number of carboxylic acid groups (broad SMARTS) is 1. The lowest BCUT2D eigenvalue weighted by molar-refractivity contribution is -0.145. The summed E-state index contributed by atoms with van der Waals surface area (Å²) in [6.45, 7) is 3.96. The van der Waals surface area contributed by atoms with Crippen molar-refractivity contribution in [3.05, 3.63) is 6.33 Å². The summed E-state index contributed by atoms with van der Waals surface area (Å²) in [5.41, 5.74) is -0.787. The number of carboxylic acids is 1. The number of hydrogen-bond acceptors (Lipinski definition) is 5. The molecule has 6 nitrogen and oxygen atoms in total. The second kappa shape index (κ2) is 5.50. The van der Waals surface area contributed by atoms with Crippen molar-refractivity contribution >= 4 is 17.7 Å². The van der Waals surface area contributed by atoms with Gasteiger partial charge >= 0.3 is 5.97 Å². The van der Waals surface area contributed by atoms with Crippen LogP contribution in [0.4, 0.5) is 0 Å². The average Bonchev–Trinajstić information content (AvgIpc) is 2.88. The van der Waals surface area contributed by atoms with Crippen molar-refractivity contribution in [3.8, 4) is 0 Å². The Kier molecular flexibility index (Phi) is 4.15. The maximum Gasteiger partial charge on any atom is 0.323 e. The topological polar surface area (TPSA) is 80.0 Å². The van der Waals surface area contributed by atoms with E-state index < -0.39 is 11.5 Å². The van der Waals surface area contributed by atoms with Crippen molar-refractivity contribution in [2.24, 2.45) is 7.05 Å². The monoisotopic (exact) mass is 284 g/mol. The van der Waals surface area contributed by atoms with E-state index in [0.29, 0.717) is 12.8 Å². The summed E-state index contributed by atoms with van der Waals surface area (Å²) in [6, 6.07) is 0.162. The van der Waals surface area contributed by atoms with Crippen LogP contribution in [0.15, 0.2) is 11.5 Å². The Hall–Kier alpha value is -1.08. The molecule has 1 saturated carbocycles. The Morgan fingerprint density at radius 2 is 2.42 bits per heavy atom. The van der Waals surface area contributed by atoms with Crippen LogP contribution in [0.5, 0.6) is 0 Å². The highest BCUT2D eigenvalue weighted by Gasteiger charge is 2.46. The molecule has 1 fully saturated rings. The van der Waals surface area contributed by atoms with Gasteiger partial charge in [-0.2, -0.15) is 5.10 Å². The number of carbonyl (C=O) groups is 1. The molecule has 1 aromatic heterocycles. The van der Waals surface area contributed by atoms with Gasteiger partial charge in [-0.05, 0) is 33.1 Å². The number of nitrogens with one attached hydrogen (secondary N) is 1. The molecule has 106 valence electrons. The van der Waals surface area contributed by atoms with Gasteiger partial charge in [0.15, 0.2) is 5.16 Å². The number of thioether (sulfide) groups is 1. The Balaban J connectivity index is 2.04. The minimum atomic E-state index is -0.787. The van der Waals surface area contributed by atoms with Gasteiger partial charge in [-0.25, -0.2) is 9.67 Å². The molecule has 1 aliphatic carbocycles. The van der Waals surface area contributed by atoms with Crippen LogP contribution in [0.2, 0.25) is 0 Å². The van der Waals surface area contributed by atoms with Gasteiger partial charge in [0.05, 0.1) is 0 Å². The molecule has 2 atom stereocenters. The van der Waals surface area contributed by atoms with Gasteiger partial charge in [-0.1, -0.05) is 11.8 Å². The molecule has 2 N–H and O–H groups in total. The molecule has 0 aliphatic heterocycles. The Morgan fingerprint density at radius 1 is 1.68 bits per heavy atom. The first-order valence-corrected chi connectivity index (χ1v) is 7.33. The van der Waals surface area contributed by atoms with E-state index in [2.05, 4.69) is 15.4 Å². The van der Waals surface area contributed by atoms with Crippen LogP contribution < -0.4 is 5.32 Å². The first kappa shape index (κ1) is 14.3. The van der Waals surface area contributed by atoms with Gasteiger partial charge in [-0.3, -0.25) is 10.1 Å². The van der Waals surface area contributed by atoms with Crippen LogP contribution in [-0.2, 0) is 11.8 Å². The number of aromatic nitrogens is 3. The van der Waals surface area contributed by atoms with Gasteiger partial charge in [0.2, 0.25) is 0 Å². The second-order valence-electron chi connectivity index (χ2n) is 5.34. The molecule has 0 saturated heterocycles. The van der Waals surface area contributed by atoms with Gasteiger partial charge in [0, 0.05) is 18.3 Å². The van der Waals surface area contributed by atoms with Crippen molar-refractivity contribution in [2.75, 3.05) is 0 Å². The molecule has 1 aromatic rings. The van der Waals surface area contributed by atoms with E-state index in [1.807, 2.05) is 20.9 Å². The maximum atomic E-state index is 11.6. The standard InChI is InChI=1S/C12H20N4O2S/c1-8(2)15-12(10(17)18)5-4-9(6-12)19-11-13-7-14-16(11)3/h7-9,15H,4-6H2,1-3H3,(H,17,18). The van der Waals surface area contributed by atoms with E-state index in [9.17, 15) is 9.90 Å². The summed E-state index contributed by atoms with van der Waals surface area (Å²) in [4.78, 5) is 15.7. The molecular formula is C12H20N4O2S. The van der Waals surface area contributed by atoms with E-state index in [1.54, 1.807) is 16.4 Å². The molecule has 2 rings (SSSR count). The smallest absolute Gasteiger partial charge is 0.323 e. The summed E-state index contributed by atoms with van der Waals surface area (Å²) in [5.74, 6) is -0.748. The lowest BCUT2D eigenvalue weighted by Crippen LogP contribution is -2.53. The van der Waals surface area contributed by atoms with Gasteiger partial charge in [-0.15, -0.1) is 0 Å². The van der Waals surface area contributed by atoms with Crippen LogP contribution in [0.25, 0.3) is 0 Å². The minimum Gasteiger partial charge on any atom is -0.480 e. The molecule has 2 unspecified atom stereocenters. The van der Waals surface area contributed by atoms with E-state index in [1.165, 1.54) is 6.33 Å². The van der Waals surface area contributed by atoms with Gasteiger partial charge in [0.25, 0.3) is 0 Å². The number of hydrogen-bond donors (Lipinski definition) is 2. The molecule has 0 radical (unpaired) electrons. The third-order valence-electron chi connectivity index (χ3n) is 3.39. The number of rotatable bonds is 5. The fourth-order valence-electron chi connectivity index (χ4n) is 2.58. The van der Waals surface area contributed by atoms with E-state index in [4.69, 9.17) is 0 Å². The SMILES string of the molecule is CC(C)NC1(C(=O)O)CCC(Sc2ncnn2C)C1. The zero-order valence-corrected chi connectivity index (χ0v) is 12.3.